The number of amides is 1. The molecule has 0 spiro atoms. The van der Waals surface area contributed by atoms with E-state index < -0.39 is 0 Å². The van der Waals surface area contributed by atoms with Gasteiger partial charge in [-0.25, -0.2) is 0 Å². The number of likely N-dealkylation sites (N-methyl/N-ethyl adjacent to an activating group) is 1. The third kappa shape index (κ3) is 4.28. The zero-order chi connectivity index (χ0) is 13.7. The van der Waals surface area contributed by atoms with E-state index >= 15 is 0 Å². The lowest BCUT2D eigenvalue weighted by molar-refractivity contribution is -0.136. The first kappa shape index (κ1) is 16.6. The van der Waals surface area contributed by atoms with Crippen molar-refractivity contribution in [2.45, 2.75) is 0 Å². The van der Waals surface area contributed by atoms with Crippen LogP contribution in [0.1, 0.15) is 0 Å². The van der Waals surface area contributed by atoms with Crippen molar-refractivity contribution in [3.63, 3.8) is 0 Å². The normalized spacial score (nSPS) is 13.9. The second-order valence-electron chi connectivity index (χ2n) is 4.64. The van der Waals surface area contributed by atoms with Gasteiger partial charge in [-0.1, -0.05) is 0 Å². The summed E-state index contributed by atoms with van der Waals surface area (Å²) in [5, 5.41) is 3.10. The van der Waals surface area contributed by atoms with Crippen molar-refractivity contribution in [2.75, 3.05) is 40.4 Å². The Hall–Kier alpha value is -1.46. The maximum absolute atomic E-state index is 11.9. The molecule has 1 aliphatic rings. The van der Waals surface area contributed by atoms with Crippen LogP contribution in [0.2, 0.25) is 0 Å². The number of nitrogens with zero attached hydrogens (tertiary/aromatic N) is 1. The predicted molar refractivity (Wildman–Crippen MR) is 79.7 cm³/mol. The van der Waals surface area contributed by atoms with Crippen LogP contribution in [-0.2, 0) is 4.79 Å². The van der Waals surface area contributed by atoms with Crippen molar-refractivity contribution >= 4 is 18.3 Å². The van der Waals surface area contributed by atoms with Crippen LogP contribution < -0.4 is 14.8 Å². The topological polar surface area (TPSA) is 50.8 Å². The van der Waals surface area contributed by atoms with Crippen molar-refractivity contribution in [1.82, 2.24) is 10.2 Å². The van der Waals surface area contributed by atoms with Crippen molar-refractivity contribution < 1.29 is 14.3 Å². The van der Waals surface area contributed by atoms with Crippen LogP contribution in [0.25, 0.3) is 0 Å². The van der Waals surface area contributed by atoms with Gasteiger partial charge in [0.1, 0.15) is 18.1 Å². The van der Waals surface area contributed by atoms with Crippen molar-refractivity contribution in [3.05, 3.63) is 24.3 Å². The molecule has 0 saturated carbocycles. The molecule has 6 heteroatoms. The zero-order valence-electron chi connectivity index (χ0n) is 11.8. The lowest BCUT2D eigenvalue weighted by atomic mass is 10.0. The van der Waals surface area contributed by atoms with Crippen molar-refractivity contribution in [3.8, 4) is 11.5 Å². The number of benzene rings is 1. The summed E-state index contributed by atoms with van der Waals surface area (Å²) in [5.74, 6) is 1.92. The van der Waals surface area contributed by atoms with Gasteiger partial charge in [0, 0.05) is 20.1 Å². The van der Waals surface area contributed by atoms with Gasteiger partial charge in [0.05, 0.1) is 19.6 Å². The first-order valence-electron chi connectivity index (χ1n) is 6.43. The van der Waals surface area contributed by atoms with E-state index in [2.05, 4.69) is 5.32 Å². The second-order valence-corrected chi connectivity index (χ2v) is 4.64. The Morgan fingerprint density at radius 2 is 1.90 bits per heavy atom. The molecule has 0 radical (unpaired) electrons. The van der Waals surface area contributed by atoms with Crippen LogP contribution >= 0.6 is 12.4 Å². The van der Waals surface area contributed by atoms with Crippen LogP contribution in [0, 0.1) is 5.92 Å². The van der Waals surface area contributed by atoms with Gasteiger partial charge in [-0.3, -0.25) is 4.79 Å². The largest absolute Gasteiger partial charge is 0.497 e. The van der Waals surface area contributed by atoms with Gasteiger partial charge in [0.2, 0.25) is 5.91 Å². The number of methoxy groups -OCH3 is 1. The summed E-state index contributed by atoms with van der Waals surface area (Å²) in [6.07, 6.45) is 0. The van der Waals surface area contributed by atoms with Crippen LogP contribution in [0.4, 0.5) is 0 Å². The maximum atomic E-state index is 11.9. The van der Waals surface area contributed by atoms with Crippen LogP contribution in [-0.4, -0.2) is 51.2 Å². The molecular formula is C14H21ClN2O3. The van der Waals surface area contributed by atoms with E-state index in [9.17, 15) is 4.79 Å². The third-order valence-corrected chi connectivity index (χ3v) is 3.26. The minimum atomic E-state index is 0. The quantitative estimate of drug-likeness (QED) is 0.857. The van der Waals surface area contributed by atoms with Crippen molar-refractivity contribution in [1.29, 1.82) is 0 Å². The van der Waals surface area contributed by atoms with Gasteiger partial charge in [-0.05, 0) is 24.3 Å². The molecule has 0 unspecified atom stereocenters. The SMILES string of the molecule is COc1ccc(OCCN(C)C(=O)C2CNC2)cc1.Cl. The summed E-state index contributed by atoms with van der Waals surface area (Å²) in [7, 11) is 3.45. The molecule has 1 heterocycles. The first-order valence-corrected chi connectivity index (χ1v) is 6.43. The Morgan fingerprint density at radius 1 is 1.30 bits per heavy atom. The molecule has 1 amide bonds. The van der Waals surface area contributed by atoms with Crippen molar-refractivity contribution in [2.24, 2.45) is 5.92 Å². The number of ether oxygens (including phenoxy) is 2. The summed E-state index contributed by atoms with van der Waals surface area (Å²) in [6.45, 7) is 2.68. The molecule has 112 valence electrons. The molecule has 1 saturated heterocycles. The summed E-state index contributed by atoms with van der Waals surface area (Å²) in [5.41, 5.74) is 0. The number of hydrogen-bond donors (Lipinski definition) is 1. The van der Waals surface area contributed by atoms with E-state index in [-0.39, 0.29) is 24.2 Å². The minimum absolute atomic E-state index is 0. The summed E-state index contributed by atoms with van der Waals surface area (Å²) >= 11 is 0. The standard InChI is InChI=1S/C14H20N2O3.ClH/c1-16(14(17)11-9-15-10-11)7-8-19-13-5-3-12(18-2)4-6-13;/h3-6,11,15H,7-10H2,1-2H3;1H. The number of halogens is 1. The number of hydrogen-bond acceptors (Lipinski definition) is 4. The summed E-state index contributed by atoms with van der Waals surface area (Å²) in [4.78, 5) is 13.6. The highest BCUT2D eigenvalue weighted by molar-refractivity contribution is 5.85. The Morgan fingerprint density at radius 3 is 2.40 bits per heavy atom. The van der Waals surface area contributed by atoms with E-state index in [1.165, 1.54) is 0 Å². The van der Waals surface area contributed by atoms with Gasteiger partial charge < -0.3 is 19.7 Å². The molecule has 2 rings (SSSR count). The minimum Gasteiger partial charge on any atom is -0.497 e. The van der Waals surface area contributed by atoms with Gasteiger partial charge >= 0.3 is 0 Å². The molecule has 1 aliphatic heterocycles. The third-order valence-electron chi connectivity index (χ3n) is 3.26. The fourth-order valence-corrected chi connectivity index (χ4v) is 1.86. The second kappa shape index (κ2) is 7.97. The van der Waals surface area contributed by atoms with Gasteiger partial charge in [-0.15, -0.1) is 12.4 Å². The molecule has 5 nitrogen and oxygen atoms in total. The van der Waals surface area contributed by atoms with E-state index in [4.69, 9.17) is 9.47 Å². The highest BCUT2D eigenvalue weighted by atomic mass is 35.5. The number of rotatable bonds is 6. The average Bonchev–Trinajstić information content (AvgIpc) is 2.37. The highest BCUT2D eigenvalue weighted by Gasteiger charge is 2.27. The van der Waals surface area contributed by atoms with E-state index in [0.717, 1.165) is 24.6 Å². The molecule has 1 aromatic rings. The van der Waals surface area contributed by atoms with Gasteiger partial charge in [-0.2, -0.15) is 0 Å². The molecule has 0 atom stereocenters. The number of nitrogens with one attached hydrogen (secondary N) is 1. The molecule has 0 aliphatic carbocycles. The Bertz CT molecular complexity index is 421. The van der Waals surface area contributed by atoms with Gasteiger partial charge in [0.15, 0.2) is 0 Å². The smallest absolute Gasteiger partial charge is 0.228 e. The van der Waals surface area contributed by atoms with Gasteiger partial charge in [0.25, 0.3) is 0 Å². The maximum Gasteiger partial charge on any atom is 0.228 e. The fourth-order valence-electron chi connectivity index (χ4n) is 1.86. The summed E-state index contributed by atoms with van der Waals surface area (Å²) in [6, 6.07) is 7.42. The lowest BCUT2D eigenvalue weighted by Gasteiger charge is -2.30. The Balaban J connectivity index is 0.00000200. The molecule has 0 bridgehead atoms. The highest BCUT2D eigenvalue weighted by Crippen LogP contribution is 2.16. The Labute approximate surface area is 125 Å². The predicted octanol–water partition coefficient (Wildman–Crippen LogP) is 1.17. The summed E-state index contributed by atoms with van der Waals surface area (Å²) < 4.78 is 10.7. The van der Waals surface area contributed by atoms with E-state index in [0.29, 0.717) is 13.2 Å². The van der Waals surface area contributed by atoms with E-state index in [1.807, 2.05) is 31.3 Å². The first-order chi connectivity index (χ1) is 9.20. The molecular weight excluding hydrogens is 280 g/mol. The molecule has 1 aromatic carbocycles. The monoisotopic (exact) mass is 300 g/mol. The number of carbonyl (C=O) groups excluding carboxylic acids is 1. The Kier molecular flexibility index (Phi) is 6.61. The average molecular weight is 301 g/mol. The zero-order valence-corrected chi connectivity index (χ0v) is 12.6. The molecule has 1 fully saturated rings. The van der Waals surface area contributed by atoms with Crippen LogP contribution in [0.3, 0.4) is 0 Å². The van der Waals surface area contributed by atoms with Crippen LogP contribution in [0.15, 0.2) is 24.3 Å². The lowest BCUT2D eigenvalue weighted by Crippen LogP contribution is -2.51. The van der Waals surface area contributed by atoms with E-state index in [1.54, 1.807) is 12.0 Å². The van der Waals surface area contributed by atoms with Crippen LogP contribution in [0.5, 0.6) is 11.5 Å². The molecule has 1 N–H and O–H groups in total. The molecule has 0 aromatic heterocycles. The molecule has 20 heavy (non-hydrogen) atoms. The number of carbonyl (C=O) groups is 1. The fraction of sp³-hybridized carbons (Fsp3) is 0.500.